The molecule has 0 aliphatic rings. The van der Waals surface area contributed by atoms with Gasteiger partial charge in [-0.15, -0.1) is 0 Å². The van der Waals surface area contributed by atoms with E-state index in [0.29, 0.717) is 11.6 Å². The Morgan fingerprint density at radius 2 is 2.41 bits per heavy atom. The van der Waals surface area contributed by atoms with E-state index in [1.165, 1.54) is 18.0 Å². The van der Waals surface area contributed by atoms with Gasteiger partial charge in [0.15, 0.2) is 10.9 Å². The molecular weight excluding hydrogens is 262 g/mol. The Morgan fingerprint density at radius 1 is 1.71 bits per heavy atom. The van der Waals surface area contributed by atoms with Gasteiger partial charge in [-0.1, -0.05) is 30.3 Å². The first-order valence-electron chi connectivity index (χ1n) is 5.10. The Bertz CT molecular complexity index is 399. The van der Waals surface area contributed by atoms with E-state index in [1.807, 2.05) is 13.2 Å². The van der Waals surface area contributed by atoms with E-state index >= 15 is 0 Å². The minimum Gasteiger partial charge on any atom is -0.394 e. The Hall–Kier alpha value is -0.850. The molecule has 0 unspecified atom stereocenters. The molecule has 0 aliphatic heterocycles. The molecule has 0 bridgehead atoms. The molecule has 0 saturated heterocycles. The quantitative estimate of drug-likeness (QED) is 0.627. The molecule has 5 nitrogen and oxygen atoms in total. The van der Waals surface area contributed by atoms with Gasteiger partial charge in [-0.05, 0) is 12.7 Å². The van der Waals surface area contributed by atoms with E-state index < -0.39 is 5.91 Å². The Labute approximate surface area is 109 Å². The van der Waals surface area contributed by atoms with Crippen LogP contribution in [0.4, 0.5) is 0 Å². The maximum Gasteiger partial charge on any atom is 0.271 e. The summed E-state index contributed by atoms with van der Waals surface area (Å²) in [5.41, 5.74) is 0.137. The first-order chi connectivity index (χ1) is 8.12. The second kappa shape index (κ2) is 6.78. The van der Waals surface area contributed by atoms with Crippen molar-refractivity contribution in [2.45, 2.75) is 24.5 Å². The van der Waals surface area contributed by atoms with Crippen LogP contribution >= 0.6 is 23.4 Å². The van der Waals surface area contributed by atoms with E-state index in [9.17, 15) is 4.79 Å². The Morgan fingerprint density at radius 3 is 2.94 bits per heavy atom. The van der Waals surface area contributed by atoms with Crippen LogP contribution in [0.1, 0.15) is 23.8 Å². The first kappa shape index (κ1) is 14.2. The van der Waals surface area contributed by atoms with Crippen molar-refractivity contribution in [1.29, 1.82) is 0 Å². The summed E-state index contributed by atoms with van der Waals surface area (Å²) in [6.45, 7) is 1.76. The highest BCUT2D eigenvalue weighted by atomic mass is 35.5. The van der Waals surface area contributed by atoms with Crippen molar-refractivity contribution < 1.29 is 9.90 Å². The molecule has 1 amide bonds. The lowest BCUT2D eigenvalue weighted by Gasteiger charge is -2.14. The monoisotopic (exact) mass is 275 g/mol. The number of carbonyl (C=O) groups excluding carboxylic acids is 1. The summed E-state index contributed by atoms with van der Waals surface area (Å²) in [6, 6.07) is -0.286. The smallest absolute Gasteiger partial charge is 0.271 e. The van der Waals surface area contributed by atoms with E-state index in [4.69, 9.17) is 16.7 Å². The number of hydrogen-bond acceptors (Lipinski definition) is 5. The average Bonchev–Trinajstić information content (AvgIpc) is 2.36. The standard InChI is InChI=1S/C10H14ClN3O2S/c1-3-6(5-15)13-9(16)8-7(11)4-12-10(14-8)17-2/h4,6,15H,3,5H2,1-2H3,(H,13,16)/t6-/m1/s1. The van der Waals surface area contributed by atoms with Crippen LogP contribution in [0.15, 0.2) is 11.4 Å². The molecule has 0 aliphatic carbocycles. The lowest BCUT2D eigenvalue weighted by molar-refractivity contribution is 0.0909. The van der Waals surface area contributed by atoms with Gasteiger partial charge in [0.25, 0.3) is 5.91 Å². The van der Waals surface area contributed by atoms with E-state index in [2.05, 4.69) is 15.3 Å². The molecule has 0 fully saturated rings. The fourth-order valence-electron chi connectivity index (χ4n) is 1.14. The summed E-state index contributed by atoms with van der Waals surface area (Å²) >= 11 is 7.19. The lowest BCUT2D eigenvalue weighted by atomic mass is 10.2. The average molecular weight is 276 g/mol. The number of rotatable bonds is 5. The van der Waals surface area contributed by atoms with E-state index in [0.717, 1.165) is 0 Å². The number of nitrogens with one attached hydrogen (secondary N) is 1. The summed E-state index contributed by atoms with van der Waals surface area (Å²) in [6.07, 6.45) is 3.85. The third-order valence-electron chi connectivity index (χ3n) is 2.17. The normalized spacial score (nSPS) is 12.2. The lowest BCUT2D eigenvalue weighted by Crippen LogP contribution is -2.37. The number of amides is 1. The molecule has 7 heteroatoms. The van der Waals surface area contributed by atoms with Crippen LogP contribution in [-0.2, 0) is 0 Å². The third kappa shape index (κ3) is 3.83. The molecule has 1 rings (SSSR count). The summed E-state index contributed by atoms with van der Waals surface area (Å²) < 4.78 is 0. The van der Waals surface area contributed by atoms with Crippen molar-refractivity contribution in [3.8, 4) is 0 Å². The maximum atomic E-state index is 11.9. The summed E-state index contributed by atoms with van der Waals surface area (Å²) in [4.78, 5) is 19.8. The van der Waals surface area contributed by atoms with Crippen molar-refractivity contribution in [3.63, 3.8) is 0 Å². The molecule has 1 aromatic heterocycles. The van der Waals surface area contributed by atoms with Crippen molar-refractivity contribution in [1.82, 2.24) is 15.3 Å². The molecule has 1 heterocycles. The van der Waals surface area contributed by atoms with Gasteiger partial charge in [0.1, 0.15) is 0 Å². The van der Waals surface area contributed by atoms with Crippen LogP contribution in [0.25, 0.3) is 0 Å². The largest absolute Gasteiger partial charge is 0.394 e. The molecule has 94 valence electrons. The van der Waals surface area contributed by atoms with Gasteiger partial charge >= 0.3 is 0 Å². The second-order valence-electron chi connectivity index (χ2n) is 3.31. The SMILES string of the molecule is CC[C@H](CO)NC(=O)c1nc(SC)ncc1Cl. The Kier molecular flexibility index (Phi) is 5.67. The van der Waals surface area contributed by atoms with Gasteiger partial charge in [0.05, 0.1) is 23.9 Å². The van der Waals surface area contributed by atoms with Crippen LogP contribution < -0.4 is 5.32 Å². The van der Waals surface area contributed by atoms with Crippen LogP contribution in [-0.4, -0.2) is 39.9 Å². The zero-order valence-electron chi connectivity index (χ0n) is 9.61. The highest BCUT2D eigenvalue weighted by Crippen LogP contribution is 2.16. The minimum absolute atomic E-state index is 0.111. The first-order valence-corrected chi connectivity index (χ1v) is 6.70. The van der Waals surface area contributed by atoms with Gasteiger partial charge in [-0.2, -0.15) is 0 Å². The number of thioether (sulfide) groups is 1. The maximum absolute atomic E-state index is 11.9. The molecular formula is C10H14ClN3O2S. The molecule has 0 radical (unpaired) electrons. The number of nitrogens with zero attached hydrogens (tertiary/aromatic N) is 2. The van der Waals surface area contributed by atoms with Crippen molar-refractivity contribution in [2.75, 3.05) is 12.9 Å². The predicted molar refractivity (Wildman–Crippen MR) is 67.5 cm³/mol. The van der Waals surface area contributed by atoms with Crippen molar-refractivity contribution in [3.05, 3.63) is 16.9 Å². The zero-order valence-corrected chi connectivity index (χ0v) is 11.2. The molecule has 0 saturated carbocycles. The minimum atomic E-state index is -0.395. The number of halogens is 1. The van der Waals surface area contributed by atoms with E-state index in [1.54, 1.807) is 0 Å². The second-order valence-corrected chi connectivity index (χ2v) is 4.50. The van der Waals surface area contributed by atoms with E-state index in [-0.39, 0.29) is 23.4 Å². The summed E-state index contributed by atoms with van der Waals surface area (Å²) in [7, 11) is 0. The van der Waals surface area contributed by atoms with Crippen LogP contribution in [0, 0.1) is 0 Å². The van der Waals surface area contributed by atoms with Crippen LogP contribution in [0.2, 0.25) is 5.02 Å². The fraction of sp³-hybridized carbons (Fsp3) is 0.500. The fourth-order valence-corrected chi connectivity index (χ4v) is 1.66. The van der Waals surface area contributed by atoms with Gasteiger partial charge in [-0.3, -0.25) is 4.79 Å². The summed E-state index contributed by atoms with van der Waals surface area (Å²) in [5, 5.41) is 12.3. The molecule has 0 spiro atoms. The molecule has 1 atom stereocenters. The number of hydrogen-bond donors (Lipinski definition) is 2. The number of aliphatic hydroxyl groups excluding tert-OH is 1. The predicted octanol–water partition coefficient (Wildman–Crippen LogP) is 1.35. The Balaban J connectivity index is 2.87. The van der Waals surface area contributed by atoms with Gasteiger partial charge < -0.3 is 10.4 Å². The zero-order chi connectivity index (χ0) is 12.8. The van der Waals surface area contributed by atoms with Crippen LogP contribution in [0.5, 0.6) is 0 Å². The summed E-state index contributed by atoms with van der Waals surface area (Å²) in [5.74, 6) is -0.395. The van der Waals surface area contributed by atoms with Gasteiger partial charge in [0, 0.05) is 0 Å². The molecule has 0 aromatic carbocycles. The van der Waals surface area contributed by atoms with Gasteiger partial charge in [-0.25, -0.2) is 9.97 Å². The number of aromatic nitrogens is 2. The van der Waals surface area contributed by atoms with Crippen molar-refractivity contribution in [2.24, 2.45) is 0 Å². The topological polar surface area (TPSA) is 75.1 Å². The highest BCUT2D eigenvalue weighted by molar-refractivity contribution is 7.98. The number of carbonyl (C=O) groups is 1. The van der Waals surface area contributed by atoms with Crippen LogP contribution in [0.3, 0.4) is 0 Å². The highest BCUT2D eigenvalue weighted by Gasteiger charge is 2.16. The molecule has 17 heavy (non-hydrogen) atoms. The van der Waals surface area contributed by atoms with Gasteiger partial charge in [0.2, 0.25) is 0 Å². The van der Waals surface area contributed by atoms with Crippen molar-refractivity contribution >= 4 is 29.3 Å². The number of aliphatic hydroxyl groups is 1. The third-order valence-corrected chi connectivity index (χ3v) is 3.01. The molecule has 1 aromatic rings. The molecule has 2 N–H and O–H groups in total.